The number of anilines is 3. The quantitative estimate of drug-likeness (QED) is 0.529. The van der Waals surface area contributed by atoms with Gasteiger partial charge in [-0.1, -0.05) is 0 Å². The summed E-state index contributed by atoms with van der Waals surface area (Å²) >= 11 is 0.998. The Balaban J connectivity index is 1.54. The van der Waals surface area contributed by atoms with Crippen LogP contribution in [0.3, 0.4) is 0 Å². The molecule has 150 valence electrons. The number of thiophene rings is 1. The molecule has 0 spiro atoms. The van der Waals surface area contributed by atoms with Crippen LogP contribution in [-0.2, 0) is 14.8 Å². The Morgan fingerprint density at radius 3 is 2.76 bits per heavy atom. The largest absolute Gasteiger partial charge is 0.465 e. The second-order valence-corrected chi connectivity index (χ2v) is 8.60. The van der Waals surface area contributed by atoms with Crippen LogP contribution in [0.15, 0.2) is 57.4 Å². The first-order valence-corrected chi connectivity index (χ1v) is 10.7. The lowest BCUT2D eigenvalue weighted by atomic mass is 10.2. The average molecular weight is 432 g/mol. The molecule has 2 aromatic heterocycles. The number of nitrogens with zero attached hydrogens (tertiary/aromatic N) is 1. The van der Waals surface area contributed by atoms with Crippen molar-refractivity contribution in [3.8, 4) is 0 Å². The molecule has 1 aliphatic rings. The average Bonchev–Trinajstić information content (AvgIpc) is 3.38. The third kappa shape index (κ3) is 3.45. The highest BCUT2D eigenvalue weighted by Crippen LogP contribution is 2.29. The third-order valence-electron chi connectivity index (χ3n) is 4.31. The molecule has 1 aliphatic heterocycles. The molecule has 0 atom stereocenters. The standard InChI is InChI=1S/C18H16N4O5S2/c1-26-18(23)15-14(7-9-28-15)29(24,25)21-11-2-4-12(5-3-11)22-10-20-17-13(16(22)19)6-8-27-17/h2-9,19-21H,10H2,1H3. The zero-order valence-electron chi connectivity index (χ0n) is 15.1. The van der Waals surface area contributed by atoms with E-state index in [1.807, 2.05) is 0 Å². The van der Waals surface area contributed by atoms with Gasteiger partial charge in [0.2, 0.25) is 5.88 Å². The molecule has 0 fully saturated rings. The summed E-state index contributed by atoms with van der Waals surface area (Å²) < 4.78 is 37.7. The van der Waals surface area contributed by atoms with Gasteiger partial charge in [0.1, 0.15) is 15.6 Å². The van der Waals surface area contributed by atoms with E-state index in [0.29, 0.717) is 29.5 Å². The molecule has 9 nitrogen and oxygen atoms in total. The number of methoxy groups -OCH3 is 1. The normalized spacial score (nSPS) is 13.6. The van der Waals surface area contributed by atoms with Crippen LogP contribution in [0.25, 0.3) is 0 Å². The number of hydrogen-bond donors (Lipinski definition) is 3. The van der Waals surface area contributed by atoms with Crippen molar-refractivity contribution >= 4 is 50.4 Å². The first-order chi connectivity index (χ1) is 13.9. The van der Waals surface area contributed by atoms with Crippen LogP contribution in [-0.4, -0.2) is 34.0 Å². The highest BCUT2D eigenvalue weighted by atomic mass is 32.2. The van der Waals surface area contributed by atoms with Crippen molar-refractivity contribution in [2.24, 2.45) is 0 Å². The van der Waals surface area contributed by atoms with Gasteiger partial charge in [-0.15, -0.1) is 11.3 Å². The minimum Gasteiger partial charge on any atom is -0.465 e. The highest BCUT2D eigenvalue weighted by Gasteiger charge is 2.26. The van der Waals surface area contributed by atoms with Crippen LogP contribution < -0.4 is 14.9 Å². The van der Waals surface area contributed by atoms with Crippen molar-refractivity contribution in [2.75, 3.05) is 28.7 Å². The predicted octanol–water partition coefficient (Wildman–Crippen LogP) is 3.14. The third-order valence-corrected chi connectivity index (χ3v) is 6.76. The number of fused-ring (bicyclic) bond motifs is 1. The molecule has 4 rings (SSSR count). The molecule has 0 saturated carbocycles. The summed E-state index contributed by atoms with van der Waals surface area (Å²) in [5, 5.41) is 12.9. The summed E-state index contributed by atoms with van der Waals surface area (Å²) in [6.45, 7) is 0.349. The lowest BCUT2D eigenvalue weighted by Crippen LogP contribution is -2.39. The SMILES string of the molecule is COC(=O)c1sccc1S(=O)(=O)Nc1ccc(N2CNc3occc3C2=N)cc1. The summed E-state index contributed by atoms with van der Waals surface area (Å²) in [6, 6.07) is 9.66. The fraction of sp³-hybridized carbons (Fsp3) is 0.111. The maximum Gasteiger partial charge on any atom is 0.349 e. The van der Waals surface area contributed by atoms with E-state index in [2.05, 4.69) is 14.8 Å². The number of furan rings is 1. The Labute approximate surface area is 170 Å². The zero-order chi connectivity index (χ0) is 20.6. The van der Waals surface area contributed by atoms with Crippen molar-refractivity contribution in [3.05, 3.63) is 58.5 Å². The summed E-state index contributed by atoms with van der Waals surface area (Å²) in [7, 11) is -2.76. The van der Waals surface area contributed by atoms with Crippen molar-refractivity contribution in [2.45, 2.75) is 4.90 Å². The van der Waals surface area contributed by atoms with Crippen LogP contribution in [0.2, 0.25) is 0 Å². The maximum atomic E-state index is 12.7. The fourth-order valence-corrected chi connectivity index (χ4v) is 5.29. The van der Waals surface area contributed by atoms with E-state index in [1.54, 1.807) is 35.2 Å². The van der Waals surface area contributed by atoms with Gasteiger partial charge < -0.3 is 19.4 Å². The lowest BCUT2D eigenvalue weighted by Gasteiger charge is -2.29. The second-order valence-electron chi connectivity index (χ2n) is 6.03. The molecule has 0 amide bonds. The number of ether oxygens (including phenoxy) is 1. The Hall–Kier alpha value is -3.31. The number of hydrogen-bond acceptors (Lipinski definition) is 8. The van der Waals surface area contributed by atoms with Gasteiger partial charge in [0.25, 0.3) is 10.0 Å². The van der Waals surface area contributed by atoms with Gasteiger partial charge in [-0.2, -0.15) is 0 Å². The molecule has 1 aromatic carbocycles. The van der Waals surface area contributed by atoms with Gasteiger partial charge in [0, 0.05) is 11.4 Å². The molecule has 3 aromatic rings. The van der Waals surface area contributed by atoms with Crippen LogP contribution >= 0.6 is 11.3 Å². The molecule has 0 aliphatic carbocycles. The first kappa shape index (κ1) is 19.0. The van der Waals surface area contributed by atoms with Crippen molar-refractivity contribution < 1.29 is 22.4 Å². The minimum absolute atomic E-state index is 0.0142. The Morgan fingerprint density at radius 2 is 2.03 bits per heavy atom. The molecule has 3 heterocycles. The lowest BCUT2D eigenvalue weighted by molar-refractivity contribution is 0.0602. The molecular formula is C18H16N4O5S2. The van der Waals surface area contributed by atoms with Crippen LogP contribution in [0, 0.1) is 5.41 Å². The Bertz CT molecular complexity index is 1180. The van der Waals surface area contributed by atoms with Crippen molar-refractivity contribution in [1.29, 1.82) is 5.41 Å². The number of carbonyl (C=O) groups is 1. The zero-order valence-corrected chi connectivity index (χ0v) is 16.8. The number of nitrogens with one attached hydrogen (secondary N) is 3. The number of sulfonamides is 1. The number of amidine groups is 1. The van der Waals surface area contributed by atoms with Crippen LogP contribution in [0.4, 0.5) is 17.3 Å². The summed E-state index contributed by atoms with van der Waals surface area (Å²) in [5.74, 6) is 0.125. The highest BCUT2D eigenvalue weighted by molar-refractivity contribution is 7.93. The van der Waals surface area contributed by atoms with Gasteiger partial charge in [-0.25, -0.2) is 13.2 Å². The fourth-order valence-electron chi connectivity index (χ4n) is 2.90. The summed E-state index contributed by atoms with van der Waals surface area (Å²) in [4.78, 5) is 13.4. The van der Waals surface area contributed by atoms with Gasteiger partial charge in [0.15, 0.2) is 0 Å². The molecular weight excluding hydrogens is 416 g/mol. The topological polar surface area (TPSA) is 125 Å². The number of rotatable bonds is 5. The summed E-state index contributed by atoms with van der Waals surface area (Å²) in [6.07, 6.45) is 1.51. The van der Waals surface area contributed by atoms with E-state index in [9.17, 15) is 13.2 Å². The van der Waals surface area contributed by atoms with Gasteiger partial charge in [-0.3, -0.25) is 10.1 Å². The second kappa shape index (κ2) is 7.26. The molecule has 0 unspecified atom stereocenters. The Morgan fingerprint density at radius 1 is 1.28 bits per heavy atom. The van der Waals surface area contributed by atoms with E-state index in [1.165, 1.54) is 24.8 Å². The predicted molar refractivity (Wildman–Crippen MR) is 109 cm³/mol. The van der Waals surface area contributed by atoms with E-state index >= 15 is 0 Å². The molecule has 0 bridgehead atoms. The van der Waals surface area contributed by atoms with Gasteiger partial charge in [-0.05, 0) is 41.8 Å². The minimum atomic E-state index is -3.96. The molecule has 11 heteroatoms. The molecule has 3 N–H and O–H groups in total. The van der Waals surface area contributed by atoms with Gasteiger partial charge in [0.05, 0.1) is 25.6 Å². The van der Waals surface area contributed by atoms with E-state index < -0.39 is 16.0 Å². The van der Waals surface area contributed by atoms with Crippen molar-refractivity contribution in [3.63, 3.8) is 0 Å². The maximum absolute atomic E-state index is 12.7. The number of benzene rings is 1. The van der Waals surface area contributed by atoms with E-state index in [4.69, 9.17) is 9.83 Å². The molecule has 0 saturated heterocycles. The number of esters is 1. The summed E-state index contributed by atoms with van der Waals surface area (Å²) in [5.41, 5.74) is 1.69. The molecule has 0 radical (unpaired) electrons. The molecule has 29 heavy (non-hydrogen) atoms. The Kier molecular flexibility index (Phi) is 4.76. The van der Waals surface area contributed by atoms with E-state index in [0.717, 1.165) is 11.3 Å². The van der Waals surface area contributed by atoms with Crippen molar-refractivity contribution in [1.82, 2.24) is 0 Å². The number of carbonyl (C=O) groups excluding carboxylic acids is 1. The monoisotopic (exact) mass is 432 g/mol. The van der Waals surface area contributed by atoms with Crippen LogP contribution in [0.5, 0.6) is 0 Å². The van der Waals surface area contributed by atoms with E-state index in [-0.39, 0.29) is 15.6 Å². The first-order valence-electron chi connectivity index (χ1n) is 8.37. The van der Waals surface area contributed by atoms with Crippen LogP contribution in [0.1, 0.15) is 15.2 Å². The van der Waals surface area contributed by atoms with Gasteiger partial charge >= 0.3 is 5.97 Å². The smallest absolute Gasteiger partial charge is 0.349 e.